The van der Waals surface area contributed by atoms with Crippen LogP contribution in [0.4, 0.5) is 4.39 Å². The summed E-state index contributed by atoms with van der Waals surface area (Å²) >= 11 is 0. The molecule has 0 radical (unpaired) electrons. The van der Waals surface area contributed by atoms with Gasteiger partial charge in [0.1, 0.15) is 0 Å². The number of ketones is 1. The molecule has 1 fully saturated rings. The highest BCUT2D eigenvalue weighted by Gasteiger charge is 2.44. The number of Topliss-reactive ketones (excluding diaryl/α,β-unsaturated/α-hetero) is 1. The number of rotatable bonds is 4. The van der Waals surface area contributed by atoms with Crippen molar-refractivity contribution in [3.05, 3.63) is 29.6 Å². The van der Waals surface area contributed by atoms with Gasteiger partial charge in [-0.15, -0.1) is 0 Å². The van der Waals surface area contributed by atoms with Crippen LogP contribution in [0.3, 0.4) is 0 Å². The standard InChI is InChI=1S/C12H14FNO3/c1-16-10-3-2-8(4-9(10)13)11(15)12(5-14)6-17-7-12/h2-4H,5-7,14H2,1H3. The van der Waals surface area contributed by atoms with Crippen LogP contribution in [0.15, 0.2) is 18.2 Å². The fourth-order valence-corrected chi connectivity index (χ4v) is 1.80. The van der Waals surface area contributed by atoms with Crippen molar-refractivity contribution in [2.24, 2.45) is 11.1 Å². The topological polar surface area (TPSA) is 61.5 Å². The molecule has 2 N–H and O–H groups in total. The van der Waals surface area contributed by atoms with E-state index < -0.39 is 11.2 Å². The SMILES string of the molecule is COc1ccc(C(=O)C2(CN)COC2)cc1F. The minimum absolute atomic E-state index is 0.119. The molecule has 0 unspecified atom stereocenters. The number of hydrogen-bond acceptors (Lipinski definition) is 4. The molecule has 0 saturated carbocycles. The van der Waals surface area contributed by atoms with Crippen molar-refractivity contribution in [2.75, 3.05) is 26.9 Å². The van der Waals surface area contributed by atoms with E-state index in [9.17, 15) is 9.18 Å². The van der Waals surface area contributed by atoms with Gasteiger partial charge in [-0.25, -0.2) is 4.39 Å². The van der Waals surface area contributed by atoms with E-state index in [1.165, 1.54) is 19.2 Å². The smallest absolute Gasteiger partial charge is 0.175 e. The van der Waals surface area contributed by atoms with Gasteiger partial charge in [-0.1, -0.05) is 0 Å². The second-order valence-corrected chi connectivity index (χ2v) is 4.16. The molecule has 5 heteroatoms. The van der Waals surface area contributed by atoms with Crippen molar-refractivity contribution < 1.29 is 18.7 Å². The van der Waals surface area contributed by atoms with Gasteiger partial charge in [0.15, 0.2) is 17.3 Å². The molecule has 1 aliphatic heterocycles. The van der Waals surface area contributed by atoms with Gasteiger partial charge in [-0.05, 0) is 18.2 Å². The van der Waals surface area contributed by atoms with E-state index in [-0.39, 0.29) is 18.1 Å². The number of benzene rings is 1. The third-order valence-corrected chi connectivity index (χ3v) is 3.04. The number of nitrogens with two attached hydrogens (primary N) is 1. The Kier molecular flexibility index (Phi) is 3.13. The average molecular weight is 239 g/mol. The van der Waals surface area contributed by atoms with E-state index in [1.54, 1.807) is 6.07 Å². The van der Waals surface area contributed by atoms with E-state index in [2.05, 4.69) is 0 Å². The Morgan fingerprint density at radius 1 is 1.59 bits per heavy atom. The Morgan fingerprint density at radius 2 is 2.29 bits per heavy atom. The molecule has 1 heterocycles. The lowest BCUT2D eigenvalue weighted by molar-refractivity contribution is -0.0816. The number of halogens is 1. The maximum absolute atomic E-state index is 13.5. The van der Waals surface area contributed by atoms with Crippen LogP contribution in [-0.2, 0) is 4.74 Å². The Bertz CT molecular complexity index is 438. The first kappa shape index (κ1) is 12.0. The highest BCUT2D eigenvalue weighted by molar-refractivity contribution is 6.01. The van der Waals surface area contributed by atoms with Gasteiger partial charge in [0.05, 0.1) is 25.7 Å². The fraction of sp³-hybridized carbons (Fsp3) is 0.417. The van der Waals surface area contributed by atoms with Crippen LogP contribution in [0, 0.1) is 11.2 Å². The van der Waals surface area contributed by atoms with Crippen LogP contribution in [0.25, 0.3) is 0 Å². The summed E-state index contributed by atoms with van der Waals surface area (Å²) in [5.41, 5.74) is 5.21. The molecule has 1 aromatic rings. The van der Waals surface area contributed by atoms with Crippen molar-refractivity contribution in [3.63, 3.8) is 0 Å². The first-order valence-electron chi connectivity index (χ1n) is 5.29. The third-order valence-electron chi connectivity index (χ3n) is 3.04. The van der Waals surface area contributed by atoms with Gasteiger partial charge >= 0.3 is 0 Å². The van der Waals surface area contributed by atoms with Crippen molar-refractivity contribution in [1.82, 2.24) is 0 Å². The molecular weight excluding hydrogens is 225 g/mol. The third kappa shape index (κ3) is 1.92. The normalized spacial score (nSPS) is 17.4. The van der Waals surface area contributed by atoms with E-state index in [0.29, 0.717) is 18.8 Å². The number of hydrogen-bond donors (Lipinski definition) is 1. The van der Waals surface area contributed by atoms with E-state index >= 15 is 0 Å². The van der Waals surface area contributed by atoms with Crippen molar-refractivity contribution >= 4 is 5.78 Å². The number of ether oxygens (including phenoxy) is 2. The fourth-order valence-electron chi connectivity index (χ4n) is 1.80. The molecular formula is C12H14FNO3. The molecule has 4 nitrogen and oxygen atoms in total. The first-order chi connectivity index (χ1) is 8.13. The minimum Gasteiger partial charge on any atom is -0.494 e. The van der Waals surface area contributed by atoms with Gasteiger partial charge in [-0.2, -0.15) is 0 Å². The minimum atomic E-state index is -0.680. The Balaban J connectivity index is 2.28. The molecule has 1 aliphatic rings. The van der Waals surface area contributed by atoms with E-state index in [4.69, 9.17) is 15.2 Å². The summed E-state index contributed by atoms with van der Waals surface area (Å²) < 4.78 is 23.3. The van der Waals surface area contributed by atoms with Gasteiger partial charge in [-0.3, -0.25) is 4.79 Å². The molecule has 0 atom stereocenters. The summed E-state index contributed by atoms with van der Waals surface area (Å²) in [5.74, 6) is -0.605. The maximum Gasteiger partial charge on any atom is 0.175 e. The zero-order valence-electron chi connectivity index (χ0n) is 9.53. The molecule has 0 aliphatic carbocycles. The molecule has 1 aromatic carbocycles. The van der Waals surface area contributed by atoms with Gasteiger partial charge in [0.2, 0.25) is 0 Å². The molecule has 0 aromatic heterocycles. The quantitative estimate of drug-likeness (QED) is 0.796. The van der Waals surface area contributed by atoms with Gasteiger partial charge < -0.3 is 15.2 Å². The lowest BCUT2D eigenvalue weighted by Gasteiger charge is -2.38. The molecule has 0 spiro atoms. The predicted molar refractivity (Wildman–Crippen MR) is 59.6 cm³/mol. The Hall–Kier alpha value is -1.46. The van der Waals surface area contributed by atoms with E-state index in [0.717, 1.165) is 0 Å². The average Bonchev–Trinajstić information content (AvgIpc) is 2.28. The molecule has 0 amide bonds. The van der Waals surface area contributed by atoms with Gasteiger partial charge in [0, 0.05) is 12.1 Å². The Labute approximate surface area is 98.5 Å². The lowest BCUT2D eigenvalue weighted by atomic mass is 9.78. The maximum atomic E-state index is 13.5. The zero-order chi connectivity index (χ0) is 12.5. The summed E-state index contributed by atoms with van der Waals surface area (Å²) in [5, 5.41) is 0. The summed E-state index contributed by atoms with van der Waals surface area (Å²) in [4.78, 5) is 12.2. The number of carbonyl (C=O) groups excluding carboxylic acids is 1. The van der Waals surface area contributed by atoms with Crippen molar-refractivity contribution in [2.45, 2.75) is 0 Å². The second kappa shape index (κ2) is 4.43. The molecule has 17 heavy (non-hydrogen) atoms. The molecule has 2 rings (SSSR count). The van der Waals surface area contributed by atoms with Gasteiger partial charge in [0.25, 0.3) is 0 Å². The highest BCUT2D eigenvalue weighted by Crippen LogP contribution is 2.31. The monoisotopic (exact) mass is 239 g/mol. The number of methoxy groups -OCH3 is 1. The summed E-state index contributed by atoms with van der Waals surface area (Å²) in [6, 6.07) is 4.16. The molecule has 0 bridgehead atoms. The summed E-state index contributed by atoms with van der Waals surface area (Å²) in [6.45, 7) is 0.811. The van der Waals surface area contributed by atoms with E-state index in [1.807, 2.05) is 0 Å². The van der Waals surface area contributed by atoms with Crippen LogP contribution in [0.2, 0.25) is 0 Å². The molecule has 92 valence electrons. The van der Waals surface area contributed by atoms with Crippen LogP contribution in [0.1, 0.15) is 10.4 Å². The highest BCUT2D eigenvalue weighted by atomic mass is 19.1. The van der Waals surface area contributed by atoms with Crippen molar-refractivity contribution in [3.8, 4) is 5.75 Å². The lowest BCUT2D eigenvalue weighted by Crippen LogP contribution is -2.54. The number of carbonyl (C=O) groups is 1. The van der Waals surface area contributed by atoms with Crippen LogP contribution in [-0.4, -0.2) is 32.7 Å². The van der Waals surface area contributed by atoms with Crippen LogP contribution >= 0.6 is 0 Å². The summed E-state index contributed by atoms with van der Waals surface area (Å²) in [7, 11) is 1.38. The first-order valence-corrected chi connectivity index (χ1v) is 5.29. The summed E-state index contributed by atoms with van der Waals surface area (Å²) in [6.07, 6.45) is 0. The second-order valence-electron chi connectivity index (χ2n) is 4.16. The molecule has 1 saturated heterocycles. The zero-order valence-corrected chi connectivity index (χ0v) is 9.53. The predicted octanol–water partition coefficient (Wildman–Crippen LogP) is 0.992. The van der Waals surface area contributed by atoms with Crippen LogP contribution < -0.4 is 10.5 Å². The van der Waals surface area contributed by atoms with Crippen LogP contribution in [0.5, 0.6) is 5.75 Å². The Morgan fingerprint density at radius 3 is 2.71 bits per heavy atom. The largest absolute Gasteiger partial charge is 0.494 e. The van der Waals surface area contributed by atoms with Crippen molar-refractivity contribution in [1.29, 1.82) is 0 Å².